The zero-order chi connectivity index (χ0) is 18.1. The first-order chi connectivity index (χ1) is 12.6. The topological polar surface area (TPSA) is 57.6 Å². The molecule has 0 saturated heterocycles. The van der Waals surface area contributed by atoms with Crippen LogP contribution in [0.5, 0.6) is 5.75 Å². The van der Waals surface area contributed by atoms with Crippen LogP contribution in [0.3, 0.4) is 0 Å². The Labute approximate surface area is 153 Å². The number of fused-ring (bicyclic) bond motifs is 2. The van der Waals surface area contributed by atoms with Crippen LogP contribution in [0, 0.1) is 0 Å². The minimum absolute atomic E-state index is 0.00787. The smallest absolute Gasteiger partial charge is 0.223 e. The quantitative estimate of drug-likeness (QED) is 0.861. The molecular formula is C22H23NO3. The molecule has 1 N–H and O–H groups in total. The SMILES string of the molecule is O=C(CCC(=O)N1CCc2ccc(O)cc2C1)c1ccc2c(c1)CCC2. The summed E-state index contributed by atoms with van der Waals surface area (Å²) in [5.74, 6) is 0.279. The van der Waals surface area contributed by atoms with Crippen molar-refractivity contribution < 1.29 is 14.7 Å². The lowest BCUT2D eigenvalue weighted by atomic mass is 9.98. The van der Waals surface area contributed by atoms with E-state index < -0.39 is 0 Å². The molecular weight excluding hydrogens is 326 g/mol. The lowest BCUT2D eigenvalue weighted by Gasteiger charge is -2.29. The fraction of sp³-hybridized carbons (Fsp3) is 0.364. The third kappa shape index (κ3) is 3.36. The minimum atomic E-state index is 0.00787. The number of hydrogen-bond donors (Lipinski definition) is 1. The Bertz CT molecular complexity index is 872. The number of Topliss-reactive ketones (excluding diaryl/α,β-unsaturated/α-hetero) is 1. The third-order valence-electron chi connectivity index (χ3n) is 5.54. The molecule has 1 aliphatic heterocycles. The molecule has 0 saturated carbocycles. The molecule has 0 spiro atoms. The summed E-state index contributed by atoms with van der Waals surface area (Å²) in [4.78, 5) is 26.8. The van der Waals surface area contributed by atoms with E-state index in [2.05, 4.69) is 6.07 Å². The Balaban J connectivity index is 1.36. The Kier molecular flexibility index (Phi) is 4.49. The first-order valence-electron chi connectivity index (χ1n) is 9.34. The van der Waals surface area contributed by atoms with E-state index in [1.54, 1.807) is 17.0 Å². The number of ketones is 1. The van der Waals surface area contributed by atoms with Crippen molar-refractivity contribution in [3.63, 3.8) is 0 Å². The maximum Gasteiger partial charge on any atom is 0.223 e. The van der Waals surface area contributed by atoms with Crippen LogP contribution in [0.2, 0.25) is 0 Å². The molecule has 134 valence electrons. The number of carbonyl (C=O) groups excluding carboxylic acids is 2. The standard InChI is InChI=1S/C22H23NO3/c24-20-7-6-16-10-11-23(14-19(16)13-20)22(26)9-8-21(25)18-5-4-15-2-1-3-17(15)12-18/h4-7,12-13,24H,1-3,8-11,14H2. The summed E-state index contributed by atoms with van der Waals surface area (Å²) in [5, 5.41) is 9.63. The van der Waals surface area contributed by atoms with E-state index in [1.165, 1.54) is 16.7 Å². The molecule has 0 radical (unpaired) electrons. The molecule has 2 aromatic rings. The molecule has 4 rings (SSSR count). The Morgan fingerprint density at radius 1 is 0.885 bits per heavy atom. The van der Waals surface area contributed by atoms with Crippen LogP contribution in [0.4, 0.5) is 0 Å². The zero-order valence-corrected chi connectivity index (χ0v) is 14.8. The lowest BCUT2D eigenvalue weighted by molar-refractivity contribution is -0.132. The van der Waals surface area contributed by atoms with Crippen LogP contribution in [-0.4, -0.2) is 28.2 Å². The molecule has 2 aromatic carbocycles. The molecule has 0 atom stereocenters. The second-order valence-corrected chi connectivity index (χ2v) is 7.28. The van der Waals surface area contributed by atoms with E-state index in [4.69, 9.17) is 0 Å². The lowest BCUT2D eigenvalue weighted by Crippen LogP contribution is -2.36. The summed E-state index contributed by atoms with van der Waals surface area (Å²) < 4.78 is 0. The number of phenols is 1. The van der Waals surface area contributed by atoms with E-state index in [-0.39, 0.29) is 30.3 Å². The van der Waals surface area contributed by atoms with Gasteiger partial charge in [-0.2, -0.15) is 0 Å². The van der Waals surface area contributed by atoms with Gasteiger partial charge in [0.15, 0.2) is 5.78 Å². The number of benzene rings is 2. The van der Waals surface area contributed by atoms with Crippen molar-refractivity contribution in [2.75, 3.05) is 6.54 Å². The van der Waals surface area contributed by atoms with Crippen LogP contribution in [-0.2, 0) is 30.6 Å². The van der Waals surface area contributed by atoms with Crippen LogP contribution < -0.4 is 0 Å². The Morgan fingerprint density at radius 3 is 2.54 bits per heavy atom. The minimum Gasteiger partial charge on any atom is -0.508 e. The second kappa shape index (κ2) is 6.94. The predicted octanol–water partition coefficient (Wildman–Crippen LogP) is 3.43. The molecule has 26 heavy (non-hydrogen) atoms. The number of aryl methyl sites for hydroxylation is 2. The average molecular weight is 349 g/mol. The largest absolute Gasteiger partial charge is 0.508 e. The molecule has 1 aliphatic carbocycles. The number of amides is 1. The van der Waals surface area contributed by atoms with Crippen LogP contribution in [0.25, 0.3) is 0 Å². The highest BCUT2D eigenvalue weighted by Gasteiger charge is 2.22. The van der Waals surface area contributed by atoms with Gasteiger partial charge < -0.3 is 10.0 Å². The molecule has 4 nitrogen and oxygen atoms in total. The van der Waals surface area contributed by atoms with Gasteiger partial charge in [0.25, 0.3) is 0 Å². The van der Waals surface area contributed by atoms with Crippen molar-refractivity contribution in [2.24, 2.45) is 0 Å². The molecule has 1 heterocycles. The van der Waals surface area contributed by atoms with Crippen molar-refractivity contribution >= 4 is 11.7 Å². The maximum absolute atomic E-state index is 12.5. The second-order valence-electron chi connectivity index (χ2n) is 7.28. The summed E-state index contributed by atoms with van der Waals surface area (Å²) in [6.45, 7) is 1.18. The van der Waals surface area contributed by atoms with Gasteiger partial charge in [-0.25, -0.2) is 0 Å². The van der Waals surface area contributed by atoms with Crippen LogP contribution in [0.1, 0.15) is 51.9 Å². The van der Waals surface area contributed by atoms with Gasteiger partial charge in [0.1, 0.15) is 5.75 Å². The van der Waals surface area contributed by atoms with Gasteiger partial charge in [0.05, 0.1) is 0 Å². The third-order valence-corrected chi connectivity index (χ3v) is 5.54. The predicted molar refractivity (Wildman–Crippen MR) is 99.3 cm³/mol. The van der Waals surface area contributed by atoms with Crippen molar-refractivity contribution in [1.82, 2.24) is 4.90 Å². The fourth-order valence-electron chi connectivity index (χ4n) is 4.02. The van der Waals surface area contributed by atoms with Gasteiger partial charge in [-0.1, -0.05) is 18.2 Å². The summed E-state index contributed by atoms with van der Waals surface area (Å²) in [7, 11) is 0. The molecule has 2 aliphatic rings. The van der Waals surface area contributed by atoms with E-state index in [0.29, 0.717) is 13.1 Å². The number of nitrogens with zero attached hydrogens (tertiary/aromatic N) is 1. The molecule has 0 fully saturated rings. The number of phenolic OH excluding ortho intramolecular Hbond substituents is 1. The highest BCUT2D eigenvalue weighted by atomic mass is 16.3. The van der Waals surface area contributed by atoms with E-state index >= 15 is 0 Å². The number of rotatable bonds is 4. The van der Waals surface area contributed by atoms with Crippen molar-refractivity contribution in [3.05, 3.63) is 64.2 Å². The van der Waals surface area contributed by atoms with E-state index in [1.807, 2.05) is 18.2 Å². The monoisotopic (exact) mass is 349 g/mol. The highest BCUT2D eigenvalue weighted by molar-refractivity contribution is 5.98. The molecule has 0 bridgehead atoms. The first-order valence-corrected chi connectivity index (χ1v) is 9.34. The van der Waals surface area contributed by atoms with Crippen molar-refractivity contribution in [3.8, 4) is 5.75 Å². The zero-order valence-electron chi connectivity index (χ0n) is 14.8. The van der Waals surface area contributed by atoms with Gasteiger partial charge in [-0.05, 0) is 66.1 Å². The fourth-order valence-corrected chi connectivity index (χ4v) is 4.02. The molecule has 0 aromatic heterocycles. The highest BCUT2D eigenvalue weighted by Crippen LogP contribution is 2.25. The van der Waals surface area contributed by atoms with Gasteiger partial charge in [0.2, 0.25) is 5.91 Å². The number of carbonyl (C=O) groups is 2. The average Bonchev–Trinajstić information content (AvgIpc) is 3.13. The summed E-state index contributed by atoms with van der Waals surface area (Å²) >= 11 is 0. The van der Waals surface area contributed by atoms with E-state index in [0.717, 1.165) is 36.8 Å². The number of hydrogen-bond acceptors (Lipinski definition) is 3. The van der Waals surface area contributed by atoms with Gasteiger partial charge in [0, 0.05) is 31.5 Å². The van der Waals surface area contributed by atoms with Crippen molar-refractivity contribution in [2.45, 2.75) is 45.1 Å². The Hall–Kier alpha value is -2.62. The van der Waals surface area contributed by atoms with Crippen molar-refractivity contribution in [1.29, 1.82) is 0 Å². The molecule has 4 heteroatoms. The normalized spacial score (nSPS) is 15.5. The molecule has 0 unspecified atom stereocenters. The molecule has 1 amide bonds. The van der Waals surface area contributed by atoms with Crippen LogP contribution >= 0.6 is 0 Å². The summed E-state index contributed by atoms with van der Waals surface area (Å²) in [5.41, 5.74) is 5.55. The number of aromatic hydroxyl groups is 1. The van der Waals surface area contributed by atoms with Gasteiger partial charge in [-0.3, -0.25) is 9.59 Å². The van der Waals surface area contributed by atoms with E-state index in [9.17, 15) is 14.7 Å². The first kappa shape index (κ1) is 16.8. The summed E-state index contributed by atoms with van der Waals surface area (Å²) in [6.07, 6.45) is 4.60. The summed E-state index contributed by atoms with van der Waals surface area (Å²) in [6, 6.07) is 11.3. The Morgan fingerprint density at radius 2 is 1.65 bits per heavy atom. The van der Waals surface area contributed by atoms with Crippen LogP contribution in [0.15, 0.2) is 36.4 Å². The van der Waals surface area contributed by atoms with Gasteiger partial charge >= 0.3 is 0 Å². The van der Waals surface area contributed by atoms with Gasteiger partial charge in [-0.15, -0.1) is 0 Å². The maximum atomic E-state index is 12.5.